The molecule has 0 bridgehead atoms. The highest BCUT2D eigenvalue weighted by Gasteiger charge is 2.33. The molecule has 0 heterocycles. The van der Waals surface area contributed by atoms with E-state index in [0.717, 1.165) is 29.7 Å². The molecule has 0 spiro atoms. The first-order valence-corrected chi connectivity index (χ1v) is 13.4. The van der Waals surface area contributed by atoms with Gasteiger partial charge < -0.3 is 14.3 Å². The van der Waals surface area contributed by atoms with Gasteiger partial charge in [0.15, 0.2) is 6.61 Å². The lowest BCUT2D eigenvalue weighted by Gasteiger charge is -2.35. The Bertz CT molecular complexity index is 1350. The highest BCUT2D eigenvalue weighted by molar-refractivity contribution is 5.49. The maximum absolute atomic E-state index is 14.0. The van der Waals surface area contributed by atoms with Crippen LogP contribution in [0.25, 0.3) is 0 Å². The van der Waals surface area contributed by atoms with E-state index in [1.165, 1.54) is 16.7 Å². The fourth-order valence-corrected chi connectivity index (χ4v) is 5.40. The Hall–Kier alpha value is -3.99. The number of hydrogen-bond acceptors (Lipinski definition) is 3. The van der Waals surface area contributed by atoms with Crippen molar-refractivity contribution >= 4 is 6.29 Å². The van der Waals surface area contributed by atoms with Crippen LogP contribution in [-0.2, 0) is 17.8 Å². The fraction of sp³-hybridized carbons (Fsp3) is 0.265. The summed E-state index contributed by atoms with van der Waals surface area (Å²) in [5, 5.41) is 0. The number of rotatable bonds is 11. The molecule has 39 heavy (non-hydrogen) atoms. The van der Waals surface area contributed by atoms with E-state index in [0.29, 0.717) is 18.6 Å². The summed E-state index contributed by atoms with van der Waals surface area (Å²) in [4.78, 5) is 10.5. The average Bonchev–Trinajstić information content (AvgIpc) is 2.98. The van der Waals surface area contributed by atoms with Gasteiger partial charge in [-0.2, -0.15) is 0 Å². The third kappa shape index (κ3) is 6.72. The van der Waals surface area contributed by atoms with Gasteiger partial charge in [0.05, 0.1) is 0 Å². The largest absolute Gasteiger partial charge is 0.489 e. The molecule has 0 unspecified atom stereocenters. The van der Waals surface area contributed by atoms with Crippen molar-refractivity contribution < 1.29 is 23.0 Å². The van der Waals surface area contributed by atoms with Gasteiger partial charge in [-0.15, -0.1) is 0 Å². The molecule has 5 heteroatoms. The van der Waals surface area contributed by atoms with Crippen LogP contribution in [0.2, 0.25) is 0 Å². The van der Waals surface area contributed by atoms with Gasteiger partial charge in [0.1, 0.15) is 24.4 Å². The van der Waals surface area contributed by atoms with Crippen LogP contribution in [0.15, 0.2) is 103 Å². The quantitative estimate of drug-likeness (QED) is 0.185. The van der Waals surface area contributed by atoms with E-state index in [2.05, 4.69) is 48.5 Å². The van der Waals surface area contributed by atoms with Gasteiger partial charge in [-0.25, -0.2) is 8.78 Å². The Morgan fingerprint density at radius 1 is 0.795 bits per heavy atom. The molecular formula is C34H32F2O3. The number of aryl methyl sites for hydroxylation is 1. The Morgan fingerprint density at radius 3 is 2.21 bits per heavy atom. The van der Waals surface area contributed by atoms with Gasteiger partial charge in [-0.05, 0) is 70.8 Å². The van der Waals surface area contributed by atoms with E-state index in [1.54, 1.807) is 12.1 Å². The third-order valence-corrected chi connectivity index (χ3v) is 7.37. The first-order valence-electron chi connectivity index (χ1n) is 13.4. The number of ether oxygens (including phenoxy) is 2. The molecule has 0 radical (unpaired) electrons. The van der Waals surface area contributed by atoms with Gasteiger partial charge in [0.2, 0.25) is 0 Å². The van der Waals surface area contributed by atoms with Crippen LogP contribution in [0, 0.1) is 0 Å². The minimum atomic E-state index is -3.04. The standard InChI is InChI=1S/C34H32F2O3/c35-34(36,20-7-21-37)24-39-29-15-12-27(13-16-29)33-31(26-10-5-2-6-11-26)18-14-28-22-30(17-19-32(28)33)38-23-25-8-3-1-4-9-25/h1-6,8-13,15-17,19,21-22,31,33H,7,14,18,20,23-24H2/t31-,33+/m1/s1. The van der Waals surface area contributed by atoms with E-state index in [9.17, 15) is 13.6 Å². The third-order valence-electron chi connectivity index (χ3n) is 7.37. The second-order valence-electron chi connectivity index (χ2n) is 10.1. The Morgan fingerprint density at radius 2 is 1.49 bits per heavy atom. The second-order valence-corrected chi connectivity index (χ2v) is 10.1. The molecule has 0 aliphatic heterocycles. The molecule has 4 aromatic rings. The smallest absolute Gasteiger partial charge is 0.281 e. The summed E-state index contributed by atoms with van der Waals surface area (Å²) in [7, 11) is 0. The number of halogens is 2. The minimum Gasteiger partial charge on any atom is -0.489 e. The van der Waals surface area contributed by atoms with Gasteiger partial charge in [-0.3, -0.25) is 0 Å². The number of carbonyl (C=O) groups is 1. The SMILES string of the molecule is O=CCCC(F)(F)COc1ccc([C@@H]2c3ccc(OCc4ccccc4)cc3CC[C@@H]2c2ccccc2)cc1. The van der Waals surface area contributed by atoms with E-state index in [-0.39, 0.29) is 18.3 Å². The number of aldehydes is 1. The number of benzene rings is 4. The molecule has 0 saturated carbocycles. The van der Waals surface area contributed by atoms with Crippen LogP contribution in [-0.4, -0.2) is 18.8 Å². The molecule has 2 atom stereocenters. The monoisotopic (exact) mass is 526 g/mol. The first-order chi connectivity index (χ1) is 19.0. The summed E-state index contributed by atoms with van der Waals surface area (Å²) < 4.78 is 39.4. The van der Waals surface area contributed by atoms with E-state index >= 15 is 0 Å². The van der Waals surface area contributed by atoms with Crippen LogP contribution in [0.3, 0.4) is 0 Å². The topological polar surface area (TPSA) is 35.5 Å². The maximum Gasteiger partial charge on any atom is 0.281 e. The van der Waals surface area contributed by atoms with Crippen LogP contribution in [0.5, 0.6) is 11.5 Å². The molecule has 200 valence electrons. The van der Waals surface area contributed by atoms with Crippen molar-refractivity contribution in [3.8, 4) is 11.5 Å². The van der Waals surface area contributed by atoms with Crippen molar-refractivity contribution in [2.75, 3.05) is 6.61 Å². The fourth-order valence-electron chi connectivity index (χ4n) is 5.40. The summed E-state index contributed by atoms with van der Waals surface area (Å²) in [6, 6.07) is 34.5. The lowest BCUT2D eigenvalue weighted by Crippen LogP contribution is -2.25. The van der Waals surface area contributed by atoms with E-state index < -0.39 is 19.0 Å². The summed E-state index contributed by atoms with van der Waals surface area (Å²) >= 11 is 0. The number of carbonyl (C=O) groups excluding carboxylic acids is 1. The predicted octanol–water partition coefficient (Wildman–Crippen LogP) is 8.12. The molecule has 0 saturated heterocycles. The molecule has 5 rings (SSSR count). The molecular weight excluding hydrogens is 494 g/mol. The zero-order valence-corrected chi connectivity index (χ0v) is 21.8. The predicted molar refractivity (Wildman–Crippen MR) is 149 cm³/mol. The summed E-state index contributed by atoms with van der Waals surface area (Å²) in [5.74, 6) is -1.40. The van der Waals surface area contributed by atoms with Gasteiger partial charge in [0.25, 0.3) is 5.92 Å². The highest BCUT2D eigenvalue weighted by Crippen LogP contribution is 2.47. The van der Waals surface area contributed by atoms with Gasteiger partial charge >= 0.3 is 0 Å². The highest BCUT2D eigenvalue weighted by atomic mass is 19.3. The summed E-state index contributed by atoms with van der Waals surface area (Å²) in [6.45, 7) is -0.226. The first kappa shape index (κ1) is 26.6. The van der Waals surface area contributed by atoms with Crippen molar-refractivity contribution in [3.05, 3.63) is 131 Å². The zero-order valence-electron chi connectivity index (χ0n) is 21.8. The molecule has 3 nitrogen and oxygen atoms in total. The van der Waals surface area contributed by atoms with E-state index in [1.807, 2.05) is 42.5 Å². The molecule has 1 aliphatic rings. The Kier molecular flexibility index (Phi) is 8.36. The normalized spacial score (nSPS) is 16.8. The minimum absolute atomic E-state index is 0.113. The Balaban J connectivity index is 1.38. The maximum atomic E-state index is 14.0. The van der Waals surface area contributed by atoms with E-state index in [4.69, 9.17) is 9.47 Å². The molecule has 0 aromatic heterocycles. The molecule has 0 N–H and O–H groups in total. The van der Waals surface area contributed by atoms with Crippen molar-refractivity contribution in [1.82, 2.24) is 0 Å². The average molecular weight is 527 g/mol. The van der Waals surface area contributed by atoms with Crippen molar-refractivity contribution in [1.29, 1.82) is 0 Å². The summed E-state index contributed by atoms with van der Waals surface area (Å²) in [5.41, 5.74) is 6.06. The zero-order chi connectivity index (χ0) is 27.1. The van der Waals surface area contributed by atoms with Crippen molar-refractivity contribution in [3.63, 3.8) is 0 Å². The summed E-state index contributed by atoms with van der Waals surface area (Å²) in [6.07, 6.45) is 1.75. The van der Waals surface area contributed by atoms with Crippen LogP contribution in [0.4, 0.5) is 8.78 Å². The van der Waals surface area contributed by atoms with Crippen LogP contribution < -0.4 is 9.47 Å². The number of hydrogen-bond donors (Lipinski definition) is 0. The molecule has 0 fully saturated rings. The molecule has 0 amide bonds. The molecule has 4 aromatic carbocycles. The van der Waals surface area contributed by atoms with Gasteiger partial charge in [0, 0.05) is 18.8 Å². The number of fused-ring (bicyclic) bond motifs is 1. The lowest BCUT2D eigenvalue weighted by molar-refractivity contribution is -0.110. The number of alkyl halides is 2. The molecule has 1 aliphatic carbocycles. The van der Waals surface area contributed by atoms with Crippen molar-refractivity contribution in [2.45, 2.75) is 50.0 Å². The lowest BCUT2D eigenvalue weighted by atomic mass is 9.69. The second kappa shape index (κ2) is 12.2. The van der Waals surface area contributed by atoms with Crippen LogP contribution >= 0.6 is 0 Å². The van der Waals surface area contributed by atoms with Gasteiger partial charge in [-0.1, -0.05) is 78.9 Å². The van der Waals surface area contributed by atoms with Crippen molar-refractivity contribution in [2.24, 2.45) is 0 Å². The van der Waals surface area contributed by atoms with Crippen LogP contribution in [0.1, 0.15) is 58.9 Å². The Labute approximate surface area is 228 Å².